The second kappa shape index (κ2) is 16.5. The summed E-state index contributed by atoms with van der Waals surface area (Å²) in [5.41, 5.74) is 1.11. The molecule has 32 heavy (non-hydrogen) atoms. The van der Waals surface area contributed by atoms with Gasteiger partial charge in [0.1, 0.15) is 11.9 Å². The van der Waals surface area contributed by atoms with Crippen molar-refractivity contribution >= 4 is 16.8 Å². The van der Waals surface area contributed by atoms with Crippen LogP contribution in [0.3, 0.4) is 0 Å². The van der Waals surface area contributed by atoms with Gasteiger partial charge in [-0.1, -0.05) is 5.92 Å². The van der Waals surface area contributed by atoms with Crippen LogP contribution in [0.1, 0.15) is 22.8 Å². The number of ether oxygens (including phenoxy) is 1. The Kier molecular flexibility index (Phi) is 12.7. The summed E-state index contributed by atoms with van der Waals surface area (Å²) in [5, 5.41) is -0.534. The number of halogens is 1. The molecule has 0 saturated heterocycles. The number of hydrogen-bond acceptors (Lipinski definition) is 2. The summed E-state index contributed by atoms with van der Waals surface area (Å²) >= 11 is 5.42. The summed E-state index contributed by atoms with van der Waals surface area (Å²) in [6.45, 7) is 3.46. The number of rotatable bonds is 2. The van der Waals surface area contributed by atoms with Crippen molar-refractivity contribution in [2.75, 3.05) is 0 Å². The van der Waals surface area contributed by atoms with Gasteiger partial charge in [0, 0.05) is 64.8 Å². The van der Waals surface area contributed by atoms with Gasteiger partial charge in [0.25, 0.3) is 5.24 Å². The van der Waals surface area contributed by atoms with Crippen molar-refractivity contribution in [2.24, 2.45) is 0 Å². The fourth-order valence-electron chi connectivity index (χ4n) is 1.55. The van der Waals surface area contributed by atoms with Gasteiger partial charge in [-0.05, 0) is 96.6 Å². The molecule has 0 aliphatic carbocycles. The molecule has 0 atom stereocenters. The predicted octanol–water partition coefficient (Wildman–Crippen LogP) is 2.76. The van der Waals surface area contributed by atoms with Crippen LogP contribution in [0.2, 0.25) is 0 Å². The van der Waals surface area contributed by atoms with E-state index in [9.17, 15) is 4.79 Å². The first-order valence-electron chi connectivity index (χ1n) is 8.54. The van der Waals surface area contributed by atoms with Crippen LogP contribution in [0.4, 0.5) is 0 Å². The van der Waals surface area contributed by atoms with E-state index in [1.54, 1.807) is 32.0 Å². The van der Waals surface area contributed by atoms with Gasteiger partial charge < -0.3 is 4.74 Å². The van der Waals surface area contributed by atoms with Crippen molar-refractivity contribution in [3.8, 4) is 124 Å². The Hall–Kier alpha value is -5.42. The molecule has 0 unspecified atom stereocenters. The lowest BCUT2D eigenvalue weighted by molar-refractivity contribution is 0.108. The smallest absolute Gasteiger partial charge is 0.252 e. The van der Waals surface area contributed by atoms with Crippen molar-refractivity contribution in [1.82, 2.24) is 0 Å². The monoisotopic (exact) mass is 424 g/mol. The topological polar surface area (TPSA) is 26.3 Å². The molecule has 1 rings (SSSR count). The minimum absolute atomic E-state index is 0.386. The van der Waals surface area contributed by atoms with E-state index >= 15 is 0 Å². The first kappa shape index (κ1) is 24.6. The number of carbonyl (C=O) groups is 1. The van der Waals surface area contributed by atoms with Crippen molar-refractivity contribution < 1.29 is 9.53 Å². The number of hydrogen-bond donors (Lipinski definition) is 0. The van der Waals surface area contributed by atoms with Crippen LogP contribution in [0.5, 0.6) is 5.75 Å². The molecule has 0 fully saturated rings. The molecule has 0 N–H and O–H groups in total. The highest BCUT2D eigenvalue weighted by atomic mass is 35.5. The fraction of sp³-hybridized carbons (Fsp3) is 0.0690. The maximum absolute atomic E-state index is 11.1. The van der Waals surface area contributed by atoms with E-state index in [0.717, 1.165) is 5.56 Å². The lowest BCUT2D eigenvalue weighted by atomic mass is 10.1. The number of benzene rings is 1. The molecular formula is C29H9ClO2. The Balaban J connectivity index is 2.49. The summed E-state index contributed by atoms with van der Waals surface area (Å²) in [5.74, 6) is 48.3. The molecular weight excluding hydrogens is 416 g/mol. The highest BCUT2D eigenvalue weighted by Crippen LogP contribution is 2.19. The van der Waals surface area contributed by atoms with Gasteiger partial charge in [-0.15, -0.1) is 0 Å². The molecule has 2 nitrogen and oxygen atoms in total. The molecule has 0 aromatic heterocycles. The quantitative estimate of drug-likeness (QED) is 0.539. The minimum atomic E-state index is -0.534. The molecule has 0 radical (unpaired) electrons. The first-order chi connectivity index (χ1) is 15.6. The van der Waals surface area contributed by atoms with Crippen LogP contribution in [0, 0.1) is 126 Å². The third kappa shape index (κ3) is 12.1. The summed E-state index contributed by atoms with van der Waals surface area (Å²) in [6.07, 6.45) is 2.43. The molecule has 0 aliphatic rings. The van der Waals surface area contributed by atoms with E-state index in [4.69, 9.17) is 16.3 Å². The lowest BCUT2D eigenvalue weighted by Gasteiger charge is -2.02. The second-order valence-corrected chi connectivity index (χ2v) is 5.30. The molecule has 0 bridgehead atoms. The van der Waals surface area contributed by atoms with Crippen LogP contribution < -0.4 is 4.74 Å². The highest BCUT2D eigenvalue weighted by Gasteiger charge is 2.05. The van der Waals surface area contributed by atoms with Crippen molar-refractivity contribution in [1.29, 1.82) is 0 Å². The molecule has 1 aromatic rings. The maximum Gasteiger partial charge on any atom is 0.252 e. The molecule has 0 aliphatic heterocycles. The summed E-state index contributed by atoms with van der Waals surface area (Å²) in [6, 6.07) is 4.77. The van der Waals surface area contributed by atoms with Gasteiger partial charge in [0.15, 0.2) is 0 Å². The Labute approximate surface area is 193 Å². The summed E-state index contributed by atoms with van der Waals surface area (Å²) < 4.78 is 5.25. The zero-order valence-corrected chi connectivity index (χ0v) is 17.7. The SMILES string of the molecule is CC#CC#CC#CC#CC#CC#CC#CC#CC#CC#COc1ccc(C(=O)Cl)cc1C. The van der Waals surface area contributed by atoms with Crippen molar-refractivity contribution in [2.45, 2.75) is 13.8 Å². The molecule has 3 heteroatoms. The van der Waals surface area contributed by atoms with Crippen LogP contribution in [0.15, 0.2) is 18.2 Å². The number of carbonyl (C=O) groups excluding carboxylic acids is 1. The van der Waals surface area contributed by atoms with Crippen LogP contribution >= 0.6 is 11.6 Å². The standard InChI is InChI=1S/C29H9ClO2/c1-3-4-5-6-7-8-9-10-11-12-13-14-15-16-17-18-19-20-21-24-32-28-23-22-27(29(30)31)25-26(28)2/h22-23,25H,1-2H3. The lowest BCUT2D eigenvalue weighted by Crippen LogP contribution is -1.92. The van der Waals surface area contributed by atoms with Crippen molar-refractivity contribution in [3.63, 3.8) is 0 Å². The average Bonchev–Trinajstić information content (AvgIpc) is 2.78. The highest BCUT2D eigenvalue weighted by molar-refractivity contribution is 6.67. The summed E-state index contributed by atoms with van der Waals surface area (Å²) in [7, 11) is 0. The van der Waals surface area contributed by atoms with E-state index in [-0.39, 0.29) is 0 Å². The van der Waals surface area contributed by atoms with Crippen molar-refractivity contribution in [3.05, 3.63) is 29.3 Å². The third-order valence-corrected chi connectivity index (χ3v) is 3.02. The Bertz CT molecular complexity index is 1540. The zero-order valence-electron chi connectivity index (χ0n) is 16.9. The average molecular weight is 425 g/mol. The van der Waals surface area contributed by atoms with Gasteiger partial charge in [-0.2, -0.15) is 0 Å². The first-order valence-corrected chi connectivity index (χ1v) is 8.92. The molecule has 0 amide bonds. The largest absolute Gasteiger partial charge is 0.406 e. The zero-order chi connectivity index (χ0) is 23.3. The van der Waals surface area contributed by atoms with Gasteiger partial charge in [-0.3, -0.25) is 4.79 Å². The molecule has 0 spiro atoms. The molecule has 0 heterocycles. The fourth-order valence-corrected chi connectivity index (χ4v) is 1.67. The predicted molar refractivity (Wildman–Crippen MR) is 125 cm³/mol. The molecule has 0 saturated carbocycles. The van der Waals surface area contributed by atoms with E-state index in [1.807, 2.05) is 0 Å². The third-order valence-electron chi connectivity index (χ3n) is 2.80. The van der Waals surface area contributed by atoms with Crippen LogP contribution in [-0.2, 0) is 0 Å². The maximum atomic E-state index is 11.1. The van der Waals surface area contributed by atoms with Gasteiger partial charge in [-0.25, -0.2) is 0 Å². The molecule has 144 valence electrons. The van der Waals surface area contributed by atoms with E-state index in [2.05, 4.69) is 119 Å². The number of aryl methyl sites for hydroxylation is 1. The normalized spacial score (nSPS) is 6.09. The van der Waals surface area contributed by atoms with Gasteiger partial charge in [0.05, 0.1) is 0 Å². The molecule has 1 aromatic carbocycles. The van der Waals surface area contributed by atoms with E-state index < -0.39 is 5.24 Å². The Morgan fingerprint density at radius 1 is 0.688 bits per heavy atom. The van der Waals surface area contributed by atoms with Gasteiger partial charge >= 0.3 is 0 Å². The minimum Gasteiger partial charge on any atom is -0.406 e. The second-order valence-electron chi connectivity index (χ2n) is 4.96. The van der Waals surface area contributed by atoms with E-state index in [0.29, 0.717) is 11.3 Å². The van der Waals surface area contributed by atoms with Gasteiger partial charge in [0.2, 0.25) is 0 Å². The van der Waals surface area contributed by atoms with Crippen LogP contribution in [-0.4, -0.2) is 5.24 Å². The van der Waals surface area contributed by atoms with Crippen LogP contribution in [0.25, 0.3) is 0 Å². The Morgan fingerprint density at radius 3 is 1.47 bits per heavy atom. The Morgan fingerprint density at radius 2 is 1.09 bits per heavy atom. The van der Waals surface area contributed by atoms with E-state index in [1.165, 1.54) is 0 Å². The summed E-state index contributed by atoms with van der Waals surface area (Å²) in [4.78, 5) is 11.1.